The molecule has 9 heteroatoms. The Labute approximate surface area is 204 Å². The van der Waals surface area contributed by atoms with Gasteiger partial charge in [-0.25, -0.2) is 0 Å². The number of esters is 2. The highest BCUT2D eigenvalue weighted by molar-refractivity contribution is 5.73. The molecule has 1 amide bonds. The Kier molecular flexibility index (Phi) is 9.77. The fraction of sp³-hybridized carbons (Fsp3) is 0.423. The van der Waals surface area contributed by atoms with Gasteiger partial charge in [-0.05, 0) is 11.1 Å². The van der Waals surface area contributed by atoms with Gasteiger partial charge in [-0.15, -0.1) is 0 Å². The van der Waals surface area contributed by atoms with Crippen LogP contribution in [-0.2, 0) is 51.3 Å². The molecule has 0 bridgehead atoms. The van der Waals surface area contributed by atoms with E-state index in [-0.39, 0.29) is 19.1 Å². The molecule has 0 spiro atoms. The van der Waals surface area contributed by atoms with E-state index in [0.29, 0.717) is 6.61 Å². The topological polar surface area (TPSA) is 109 Å². The lowest BCUT2D eigenvalue weighted by atomic mass is 9.96. The number of ether oxygens (including phenoxy) is 5. The minimum absolute atomic E-state index is 0.0304. The van der Waals surface area contributed by atoms with Crippen LogP contribution in [0.4, 0.5) is 0 Å². The zero-order valence-electron chi connectivity index (χ0n) is 20.0. The van der Waals surface area contributed by atoms with Crippen LogP contribution < -0.4 is 5.32 Å². The molecule has 35 heavy (non-hydrogen) atoms. The van der Waals surface area contributed by atoms with Gasteiger partial charge in [-0.3, -0.25) is 14.4 Å². The summed E-state index contributed by atoms with van der Waals surface area (Å²) in [6.07, 6.45) is -3.90. The molecule has 1 saturated heterocycles. The average molecular weight is 486 g/mol. The largest absolute Gasteiger partial charge is 0.456 e. The van der Waals surface area contributed by atoms with Crippen LogP contribution in [0, 0.1) is 0 Å². The van der Waals surface area contributed by atoms with Gasteiger partial charge in [0.05, 0.1) is 19.8 Å². The maximum Gasteiger partial charge on any atom is 0.303 e. The van der Waals surface area contributed by atoms with Crippen molar-refractivity contribution in [3.05, 3.63) is 71.8 Å². The van der Waals surface area contributed by atoms with E-state index in [1.165, 1.54) is 20.8 Å². The molecule has 0 aliphatic carbocycles. The number of nitrogens with one attached hydrogen (secondary N) is 1. The third kappa shape index (κ3) is 8.17. The van der Waals surface area contributed by atoms with E-state index >= 15 is 0 Å². The van der Waals surface area contributed by atoms with Crippen LogP contribution >= 0.6 is 0 Å². The molecule has 1 heterocycles. The van der Waals surface area contributed by atoms with Crippen molar-refractivity contribution in [1.82, 2.24) is 5.32 Å². The van der Waals surface area contributed by atoms with Gasteiger partial charge in [0, 0.05) is 20.8 Å². The van der Waals surface area contributed by atoms with E-state index in [1.54, 1.807) is 0 Å². The Morgan fingerprint density at radius 2 is 1.34 bits per heavy atom. The molecule has 1 aliphatic heterocycles. The minimum atomic E-state index is -1.06. The summed E-state index contributed by atoms with van der Waals surface area (Å²) in [7, 11) is 0. The number of benzene rings is 2. The van der Waals surface area contributed by atoms with Gasteiger partial charge < -0.3 is 29.0 Å². The van der Waals surface area contributed by atoms with Gasteiger partial charge in [0.2, 0.25) is 5.91 Å². The zero-order valence-corrected chi connectivity index (χ0v) is 20.0. The van der Waals surface area contributed by atoms with Crippen LogP contribution in [0.5, 0.6) is 0 Å². The molecule has 1 fully saturated rings. The Bertz CT molecular complexity index is 968. The second-order valence-electron chi connectivity index (χ2n) is 8.21. The zero-order chi connectivity index (χ0) is 25.2. The van der Waals surface area contributed by atoms with Gasteiger partial charge in [0.1, 0.15) is 12.1 Å². The molecule has 2 aromatic rings. The van der Waals surface area contributed by atoms with Crippen molar-refractivity contribution in [1.29, 1.82) is 0 Å². The maximum absolute atomic E-state index is 12.0. The molecule has 3 rings (SSSR count). The Morgan fingerprint density at radius 1 is 0.800 bits per heavy atom. The minimum Gasteiger partial charge on any atom is -0.456 e. The quantitative estimate of drug-likeness (QED) is 0.512. The first kappa shape index (κ1) is 26.3. The highest BCUT2D eigenvalue weighted by Crippen LogP contribution is 2.28. The van der Waals surface area contributed by atoms with Crippen molar-refractivity contribution < 1.29 is 38.1 Å². The summed E-state index contributed by atoms with van der Waals surface area (Å²) >= 11 is 0. The van der Waals surface area contributed by atoms with Gasteiger partial charge in [-0.2, -0.15) is 0 Å². The van der Waals surface area contributed by atoms with E-state index < -0.39 is 42.6 Å². The number of rotatable bonds is 10. The summed E-state index contributed by atoms with van der Waals surface area (Å²) in [5.41, 5.74) is 1.84. The molecule has 9 nitrogen and oxygen atoms in total. The summed E-state index contributed by atoms with van der Waals surface area (Å²) in [5.74, 6) is -1.58. The lowest BCUT2D eigenvalue weighted by molar-refractivity contribution is -0.282. The fourth-order valence-electron chi connectivity index (χ4n) is 3.85. The Morgan fingerprint density at radius 3 is 1.89 bits per heavy atom. The first-order valence-electron chi connectivity index (χ1n) is 11.4. The van der Waals surface area contributed by atoms with Crippen LogP contribution in [0.2, 0.25) is 0 Å². The SMILES string of the molecule is CC(=O)N[C@H]1C(OCc2ccccc2)O[C@H](COCc2ccccc2)[C@@H](OC(C)=O)[C@@H]1OC(C)=O. The molecular weight excluding hydrogens is 454 g/mol. The molecule has 1 N–H and O–H groups in total. The highest BCUT2D eigenvalue weighted by atomic mass is 16.7. The maximum atomic E-state index is 12.0. The van der Waals surface area contributed by atoms with E-state index in [0.717, 1.165) is 11.1 Å². The summed E-state index contributed by atoms with van der Waals surface area (Å²) in [6, 6.07) is 18.1. The molecule has 0 radical (unpaired) electrons. The normalized spacial score (nSPS) is 23.8. The third-order valence-electron chi connectivity index (χ3n) is 5.27. The van der Waals surface area contributed by atoms with E-state index in [4.69, 9.17) is 23.7 Å². The lowest BCUT2D eigenvalue weighted by Gasteiger charge is -2.45. The van der Waals surface area contributed by atoms with Crippen molar-refractivity contribution >= 4 is 17.8 Å². The number of hydrogen-bond acceptors (Lipinski definition) is 8. The van der Waals surface area contributed by atoms with Gasteiger partial charge in [0.25, 0.3) is 0 Å². The van der Waals surface area contributed by atoms with Crippen molar-refractivity contribution in [3.63, 3.8) is 0 Å². The number of amides is 1. The molecule has 188 valence electrons. The summed E-state index contributed by atoms with van der Waals surface area (Å²) < 4.78 is 29.1. The predicted molar refractivity (Wildman–Crippen MR) is 125 cm³/mol. The molecule has 0 aromatic heterocycles. The van der Waals surface area contributed by atoms with Crippen LogP contribution in [0.3, 0.4) is 0 Å². The lowest BCUT2D eigenvalue weighted by Crippen LogP contribution is -2.66. The average Bonchev–Trinajstić information content (AvgIpc) is 2.82. The van der Waals surface area contributed by atoms with Crippen LogP contribution in [0.1, 0.15) is 31.9 Å². The summed E-state index contributed by atoms with van der Waals surface area (Å²) in [6.45, 7) is 4.34. The van der Waals surface area contributed by atoms with Gasteiger partial charge >= 0.3 is 11.9 Å². The van der Waals surface area contributed by atoms with Crippen molar-refractivity contribution in [2.24, 2.45) is 0 Å². The molecule has 0 saturated carbocycles. The number of carbonyl (C=O) groups is 3. The monoisotopic (exact) mass is 485 g/mol. The smallest absolute Gasteiger partial charge is 0.303 e. The summed E-state index contributed by atoms with van der Waals surface area (Å²) in [5, 5.41) is 2.73. The van der Waals surface area contributed by atoms with Crippen LogP contribution in [0.25, 0.3) is 0 Å². The second-order valence-corrected chi connectivity index (χ2v) is 8.21. The number of carbonyl (C=O) groups excluding carboxylic acids is 3. The second kappa shape index (κ2) is 13.0. The van der Waals surface area contributed by atoms with Gasteiger partial charge in [-0.1, -0.05) is 60.7 Å². The highest BCUT2D eigenvalue weighted by Gasteiger charge is 2.51. The standard InChI is InChI=1S/C26H31NO8/c1-17(28)27-23-25(34-19(3)30)24(33-18(2)29)22(16-31-14-20-10-6-4-7-11-20)35-26(23)32-15-21-12-8-5-9-13-21/h4-13,22-26H,14-16H2,1-3H3,(H,27,28)/t22-,23-,24-,25-,26?/m1/s1. The Hall–Kier alpha value is -3.27. The van der Waals surface area contributed by atoms with Crippen molar-refractivity contribution in [2.45, 2.75) is 64.6 Å². The van der Waals surface area contributed by atoms with Crippen LogP contribution in [-0.4, -0.2) is 55.1 Å². The number of hydrogen-bond donors (Lipinski definition) is 1. The molecular formula is C26H31NO8. The van der Waals surface area contributed by atoms with Crippen LogP contribution in [0.15, 0.2) is 60.7 Å². The molecule has 1 unspecified atom stereocenters. The van der Waals surface area contributed by atoms with E-state index in [2.05, 4.69) is 5.32 Å². The molecule has 1 aliphatic rings. The first-order chi connectivity index (χ1) is 16.8. The predicted octanol–water partition coefficient (Wildman–Crippen LogP) is 2.51. The molecule has 5 atom stereocenters. The molecule has 2 aromatic carbocycles. The first-order valence-corrected chi connectivity index (χ1v) is 11.4. The van der Waals surface area contributed by atoms with Gasteiger partial charge in [0.15, 0.2) is 18.5 Å². The Balaban J connectivity index is 1.84. The van der Waals surface area contributed by atoms with Crippen molar-refractivity contribution in [3.8, 4) is 0 Å². The van der Waals surface area contributed by atoms with Crippen molar-refractivity contribution in [2.75, 3.05) is 6.61 Å². The summed E-state index contributed by atoms with van der Waals surface area (Å²) in [4.78, 5) is 35.9. The third-order valence-corrected chi connectivity index (χ3v) is 5.27. The van der Waals surface area contributed by atoms with E-state index in [9.17, 15) is 14.4 Å². The fourth-order valence-corrected chi connectivity index (χ4v) is 3.85. The van der Waals surface area contributed by atoms with E-state index in [1.807, 2.05) is 60.7 Å².